The van der Waals surface area contributed by atoms with E-state index in [2.05, 4.69) is 0 Å². The summed E-state index contributed by atoms with van der Waals surface area (Å²) in [4.78, 5) is 10.5. The second-order valence-corrected chi connectivity index (χ2v) is 4.35. The van der Waals surface area contributed by atoms with Crippen molar-refractivity contribution < 1.29 is 17.8 Å². The molecule has 0 fully saturated rings. The number of allylic oxidation sites excluding steroid dienone is 1. The van der Waals surface area contributed by atoms with E-state index in [1.165, 1.54) is 37.3 Å². The molecule has 0 unspecified atom stereocenters. The van der Waals surface area contributed by atoms with Crippen molar-refractivity contribution >= 4 is 22.0 Å². The molecule has 1 aromatic rings. The van der Waals surface area contributed by atoms with E-state index in [9.17, 15) is 13.2 Å². The van der Waals surface area contributed by atoms with Crippen molar-refractivity contribution in [1.29, 1.82) is 0 Å². The van der Waals surface area contributed by atoms with Crippen LogP contribution in [0.1, 0.15) is 12.5 Å². The Hall–Kier alpha value is -1.46. The third-order valence-electron chi connectivity index (χ3n) is 1.69. The van der Waals surface area contributed by atoms with Crippen LogP contribution in [0.5, 0.6) is 0 Å². The minimum atomic E-state index is -4.24. The number of carbonyl (C=O) groups excluding carboxylic acids is 1. The van der Waals surface area contributed by atoms with Gasteiger partial charge in [-0.1, -0.05) is 24.3 Å². The Morgan fingerprint density at radius 3 is 2.47 bits per heavy atom. The van der Waals surface area contributed by atoms with Crippen LogP contribution < -0.4 is 0 Å². The molecule has 80 valence electrons. The van der Waals surface area contributed by atoms with E-state index in [4.69, 9.17) is 4.55 Å². The maximum Gasteiger partial charge on any atom is 0.295 e. The summed E-state index contributed by atoms with van der Waals surface area (Å²) in [5.41, 5.74) is 0.287. The molecule has 0 saturated heterocycles. The molecule has 1 rings (SSSR count). The maximum atomic E-state index is 10.9. The van der Waals surface area contributed by atoms with Gasteiger partial charge in [-0.3, -0.25) is 9.35 Å². The van der Waals surface area contributed by atoms with Crippen molar-refractivity contribution in [1.82, 2.24) is 0 Å². The van der Waals surface area contributed by atoms with Gasteiger partial charge >= 0.3 is 0 Å². The predicted octanol–water partition coefficient (Wildman–Crippen LogP) is 1.54. The summed E-state index contributed by atoms with van der Waals surface area (Å²) in [6.45, 7) is 1.35. The number of rotatable bonds is 3. The van der Waals surface area contributed by atoms with Gasteiger partial charge in [0, 0.05) is 0 Å². The van der Waals surface area contributed by atoms with Crippen molar-refractivity contribution in [3.05, 3.63) is 35.9 Å². The molecule has 0 aliphatic rings. The maximum absolute atomic E-state index is 10.9. The summed E-state index contributed by atoms with van der Waals surface area (Å²) in [5.74, 6) is -0.194. The smallest absolute Gasteiger partial charge is 0.295 e. The van der Waals surface area contributed by atoms with Gasteiger partial charge in [-0.15, -0.1) is 0 Å². The quantitative estimate of drug-likeness (QED) is 0.626. The van der Waals surface area contributed by atoms with Gasteiger partial charge in [-0.05, 0) is 24.6 Å². The number of carbonyl (C=O) groups is 1. The average molecular weight is 226 g/mol. The molecule has 1 aromatic carbocycles. The molecule has 0 saturated carbocycles. The first-order valence-corrected chi connectivity index (χ1v) is 5.60. The van der Waals surface area contributed by atoms with Crippen molar-refractivity contribution in [2.75, 3.05) is 0 Å². The molecule has 0 amide bonds. The highest BCUT2D eigenvalue weighted by molar-refractivity contribution is 7.85. The first-order valence-electron chi connectivity index (χ1n) is 4.16. The second kappa shape index (κ2) is 4.37. The molecule has 0 aliphatic carbocycles. The van der Waals surface area contributed by atoms with Crippen molar-refractivity contribution in [3.8, 4) is 0 Å². The average Bonchev–Trinajstić information content (AvgIpc) is 2.13. The lowest BCUT2D eigenvalue weighted by molar-refractivity contribution is -0.112. The van der Waals surface area contributed by atoms with Gasteiger partial charge in [0.2, 0.25) is 0 Å². The molecule has 0 aliphatic heterocycles. The number of hydrogen-bond donors (Lipinski definition) is 1. The highest BCUT2D eigenvalue weighted by Crippen LogP contribution is 2.16. The molecule has 4 nitrogen and oxygen atoms in total. The summed E-state index contributed by atoms with van der Waals surface area (Å²) in [6, 6.07) is 5.89. The number of hydrogen-bond acceptors (Lipinski definition) is 3. The van der Waals surface area contributed by atoms with Crippen LogP contribution in [0.2, 0.25) is 0 Å². The van der Waals surface area contributed by atoms with Gasteiger partial charge in [0.25, 0.3) is 10.1 Å². The zero-order valence-electron chi connectivity index (χ0n) is 8.04. The molecule has 0 bridgehead atoms. The fourth-order valence-corrected chi connectivity index (χ4v) is 1.74. The highest BCUT2D eigenvalue weighted by Gasteiger charge is 2.12. The van der Waals surface area contributed by atoms with Gasteiger partial charge in [-0.25, -0.2) is 0 Å². The molecule has 0 atom stereocenters. The number of benzene rings is 1. The molecule has 0 radical (unpaired) electrons. The van der Waals surface area contributed by atoms with Crippen molar-refractivity contribution in [2.24, 2.45) is 0 Å². The van der Waals surface area contributed by atoms with Crippen LogP contribution in [-0.2, 0) is 14.9 Å². The largest absolute Gasteiger partial charge is 0.295 e. The summed E-state index contributed by atoms with van der Waals surface area (Å²) in [7, 11) is -4.24. The minimum Gasteiger partial charge on any atom is -0.295 e. The van der Waals surface area contributed by atoms with Gasteiger partial charge in [-0.2, -0.15) is 8.42 Å². The highest BCUT2D eigenvalue weighted by atomic mass is 32.2. The van der Waals surface area contributed by atoms with E-state index in [-0.39, 0.29) is 16.2 Å². The fourth-order valence-electron chi connectivity index (χ4n) is 1.06. The lowest BCUT2D eigenvalue weighted by Crippen LogP contribution is -2.00. The van der Waals surface area contributed by atoms with Crippen LogP contribution in [0.15, 0.2) is 35.2 Å². The van der Waals surface area contributed by atoms with Gasteiger partial charge in [0.15, 0.2) is 5.78 Å². The summed E-state index contributed by atoms with van der Waals surface area (Å²) < 4.78 is 30.8. The normalized spacial score (nSPS) is 11.9. The molecule has 5 heteroatoms. The Morgan fingerprint density at radius 2 is 1.93 bits per heavy atom. The third kappa shape index (κ3) is 3.30. The molecular formula is C10H10O4S. The van der Waals surface area contributed by atoms with Crippen LogP contribution in [0, 0.1) is 0 Å². The lowest BCUT2D eigenvalue weighted by Gasteiger charge is -2.00. The predicted molar refractivity (Wildman–Crippen MR) is 56.0 cm³/mol. The van der Waals surface area contributed by atoms with E-state index in [1.54, 1.807) is 6.07 Å². The van der Waals surface area contributed by atoms with E-state index in [0.29, 0.717) is 0 Å². The molecule has 0 aromatic heterocycles. The monoisotopic (exact) mass is 226 g/mol. The molecular weight excluding hydrogens is 216 g/mol. The van der Waals surface area contributed by atoms with E-state index < -0.39 is 10.1 Å². The first kappa shape index (κ1) is 11.6. The topological polar surface area (TPSA) is 71.4 Å². The van der Waals surface area contributed by atoms with Crippen molar-refractivity contribution in [3.63, 3.8) is 0 Å². The van der Waals surface area contributed by atoms with Crippen LogP contribution in [0.3, 0.4) is 0 Å². The molecule has 0 heterocycles. The van der Waals surface area contributed by atoms with Crippen LogP contribution in [0.25, 0.3) is 6.08 Å². The second-order valence-electron chi connectivity index (χ2n) is 2.96. The Labute approximate surface area is 88.0 Å². The van der Waals surface area contributed by atoms with E-state index in [1.807, 2.05) is 0 Å². The first-order chi connectivity index (χ1) is 6.91. The summed E-state index contributed by atoms with van der Waals surface area (Å²) >= 11 is 0. The van der Waals surface area contributed by atoms with Gasteiger partial charge < -0.3 is 0 Å². The Bertz CT molecular complexity index is 500. The summed E-state index contributed by atoms with van der Waals surface area (Å²) in [6.07, 6.45) is 2.59. The van der Waals surface area contributed by atoms with E-state index >= 15 is 0 Å². The Balaban J connectivity index is 3.25. The third-order valence-corrected chi connectivity index (χ3v) is 2.62. The van der Waals surface area contributed by atoms with Crippen LogP contribution in [0.4, 0.5) is 0 Å². The van der Waals surface area contributed by atoms with Crippen LogP contribution >= 0.6 is 0 Å². The molecule has 0 spiro atoms. The molecule has 1 N–H and O–H groups in total. The van der Waals surface area contributed by atoms with Gasteiger partial charge in [0.1, 0.15) is 4.90 Å². The minimum absolute atomic E-state index is 0.194. The van der Waals surface area contributed by atoms with Crippen LogP contribution in [-0.4, -0.2) is 18.8 Å². The summed E-state index contributed by atoms with van der Waals surface area (Å²) in [5, 5.41) is 0. The standard InChI is InChI=1S/C10H10O4S/c1-8(11)6-7-9-4-2-3-5-10(9)15(12,13)14/h2-7H,1H3,(H,12,13,14)/b7-6+. The fraction of sp³-hybridized carbons (Fsp3) is 0.100. The zero-order chi connectivity index (χ0) is 11.5. The zero-order valence-corrected chi connectivity index (χ0v) is 8.86. The molecule has 15 heavy (non-hydrogen) atoms. The van der Waals surface area contributed by atoms with Gasteiger partial charge in [0.05, 0.1) is 0 Å². The SMILES string of the molecule is CC(=O)/C=C/c1ccccc1S(=O)(=O)O. The number of ketones is 1. The van der Waals surface area contributed by atoms with Crippen molar-refractivity contribution in [2.45, 2.75) is 11.8 Å². The lowest BCUT2D eigenvalue weighted by atomic mass is 10.2. The Kier molecular flexibility index (Phi) is 3.39. The van der Waals surface area contributed by atoms with E-state index in [0.717, 1.165) is 0 Å². The Morgan fingerprint density at radius 1 is 1.33 bits per heavy atom.